The van der Waals surface area contributed by atoms with Gasteiger partial charge in [-0.3, -0.25) is 9.59 Å². The molecule has 1 heterocycles. The van der Waals surface area contributed by atoms with E-state index in [-0.39, 0.29) is 5.75 Å². The first-order valence-corrected chi connectivity index (χ1v) is 9.43. The molecule has 156 valence electrons. The second-order valence-electron chi connectivity index (χ2n) is 7.11. The Morgan fingerprint density at radius 3 is 2.57 bits per heavy atom. The number of nitrogens with one attached hydrogen (secondary N) is 1. The molecule has 1 N–H and O–H groups in total. The van der Waals surface area contributed by atoms with E-state index in [1.807, 2.05) is 30.3 Å². The molecule has 0 aliphatic carbocycles. The van der Waals surface area contributed by atoms with Crippen molar-refractivity contribution in [3.8, 4) is 11.5 Å². The Hall–Kier alpha value is -3.68. The number of aryl methyl sites for hydroxylation is 1. The minimum absolute atomic E-state index is 0.269. The molecule has 2 aromatic rings. The molecule has 0 saturated carbocycles. The van der Waals surface area contributed by atoms with Gasteiger partial charge >= 0.3 is 12.0 Å². The summed E-state index contributed by atoms with van der Waals surface area (Å²) < 4.78 is 10.3. The fraction of sp³-hybridized carbons (Fsp3) is 0.273. The highest BCUT2D eigenvalue weighted by atomic mass is 16.6. The normalized spacial score (nSPS) is 18.6. The summed E-state index contributed by atoms with van der Waals surface area (Å²) in [6.45, 7) is 2.99. The number of amides is 3. The van der Waals surface area contributed by atoms with Crippen LogP contribution in [0.25, 0.3) is 0 Å². The first-order valence-electron chi connectivity index (χ1n) is 9.43. The molecule has 0 bridgehead atoms. The molecule has 1 aliphatic rings. The fourth-order valence-corrected chi connectivity index (χ4v) is 3.11. The van der Waals surface area contributed by atoms with Crippen molar-refractivity contribution in [1.82, 2.24) is 10.3 Å². The zero-order chi connectivity index (χ0) is 21.7. The van der Waals surface area contributed by atoms with Crippen LogP contribution in [0.2, 0.25) is 0 Å². The van der Waals surface area contributed by atoms with E-state index in [9.17, 15) is 14.4 Å². The largest absolute Gasteiger partial charge is 0.493 e. The predicted octanol–water partition coefficient (Wildman–Crippen LogP) is 2.90. The number of imide groups is 1. The molecule has 0 radical (unpaired) electrons. The van der Waals surface area contributed by atoms with Gasteiger partial charge < -0.3 is 14.8 Å². The van der Waals surface area contributed by atoms with Gasteiger partial charge in [-0.2, -0.15) is 5.10 Å². The van der Waals surface area contributed by atoms with Gasteiger partial charge in [0.1, 0.15) is 5.54 Å². The highest BCUT2D eigenvalue weighted by Crippen LogP contribution is 2.28. The SMILES string of the molecule is COc1cc(/C=N\N2C(=O)N[C@@](C)(CCc3ccccc3)C2=O)ccc1OC(C)=O. The summed E-state index contributed by atoms with van der Waals surface area (Å²) >= 11 is 0. The zero-order valence-electron chi connectivity index (χ0n) is 17.0. The maximum absolute atomic E-state index is 12.8. The lowest BCUT2D eigenvalue weighted by atomic mass is 9.93. The van der Waals surface area contributed by atoms with E-state index < -0.39 is 23.4 Å². The summed E-state index contributed by atoms with van der Waals surface area (Å²) in [5, 5.41) is 7.62. The monoisotopic (exact) mass is 409 g/mol. The van der Waals surface area contributed by atoms with Crippen molar-refractivity contribution in [2.24, 2.45) is 5.10 Å². The fourth-order valence-electron chi connectivity index (χ4n) is 3.11. The number of carbonyl (C=O) groups is 3. The summed E-state index contributed by atoms with van der Waals surface area (Å²) in [5.41, 5.74) is 0.630. The number of esters is 1. The third kappa shape index (κ3) is 4.65. The van der Waals surface area contributed by atoms with Crippen molar-refractivity contribution in [2.45, 2.75) is 32.2 Å². The Labute approximate surface area is 174 Å². The standard InChI is InChI=1S/C22H23N3O5/c1-15(26)30-18-10-9-17(13-19(18)29-3)14-23-25-20(27)22(2,24-21(25)28)12-11-16-7-5-4-6-8-16/h4-10,13-14H,11-12H2,1-3H3,(H,24,28)/b23-14-/t22-/m0/s1. The number of urea groups is 1. The third-order valence-corrected chi connectivity index (χ3v) is 4.76. The van der Waals surface area contributed by atoms with Crippen LogP contribution in [0.15, 0.2) is 53.6 Å². The molecular weight excluding hydrogens is 386 g/mol. The van der Waals surface area contributed by atoms with E-state index in [1.165, 1.54) is 20.2 Å². The van der Waals surface area contributed by atoms with E-state index in [4.69, 9.17) is 9.47 Å². The van der Waals surface area contributed by atoms with Crippen LogP contribution in [0.5, 0.6) is 11.5 Å². The summed E-state index contributed by atoms with van der Waals surface area (Å²) in [5.74, 6) is -0.281. The Kier molecular flexibility index (Phi) is 6.15. The molecule has 30 heavy (non-hydrogen) atoms. The van der Waals surface area contributed by atoms with Gasteiger partial charge in [-0.15, -0.1) is 5.01 Å². The zero-order valence-corrected chi connectivity index (χ0v) is 17.0. The maximum Gasteiger partial charge on any atom is 0.346 e. The molecule has 0 spiro atoms. The molecule has 1 fully saturated rings. The Morgan fingerprint density at radius 1 is 1.17 bits per heavy atom. The van der Waals surface area contributed by atoms with Crippen LogP contribution >= 0.6 is 0 Å². The van der Waals surface area contributed by atoms with E-state index in [1.54, 1.807) is 25.1 Å². The third-order valence-electron chi connectivity index (χ3n) is 4.76. The van der Waals surface area contributed by atoms with Crippen LogP contribution in [0.1, 0.15) is 31.4 Å². The van der Waals surface area contributed by atoms with Gasteiger partial charge in [-0.25, -0.2) is 4.79 Å². The molecule has 8 nitrogen and oxygen atoms in total. The lowest BCUT2D eigenvalue weighted by Gasteiger charge is -2.20. The van der Waals surface area contributed by atoms with Crippen LogP contribution in [-0.4, -0.2) is 41.8 Å². The average molecular weight is 409 g/mol. The van der Waals surface area contributed by atoms with Gasteiger partial charge in [0.25, 0.3) is 5.91 Å². The number of benzene rings is 2. The number of ether oxygens (including phenoxy) is 2. The van der Waals surface area contributed by atoms with Crippen LogP contribution in [0.3, 0.4) is 0 Å². The van der Waals surface area contributed by atoms with Gasteiger partial charge in [0.15, 0.2) is 11.5 Å². The van der Waals surface area contributed by atoms with Gasteiger partial charge in [0.2, 0.25) is 0 Å². The van der Waals surface area contributed by atoms with Crippen molar-refractivity contribution in [1.29, 1.82) is 0 Å². The van der Waals surface area contributed by atoms with Gasteiger partial charge in [0.05, 0.1) is 13.3 Å². The van der Waals surface area contributed by atoms with Gasteiger partial charge in [-0.1, -0.05) is 30.3 Å². The van der Waals surface area contributed by atoms with E-state index in [0.717, 1.165) is 10.6 Å². The molecule has 1 saturated heterocycles. The van der Waals surface area contributed by atoms with Gasteiger partial charge in [0, 0.05) is 6.92 Å². The molecule has 1 aliphatic heterocycles. The highest BCUT2D eigenvalue weighted by Gasteiger charge is 2.47. The van der Waals surface area contributed by atoms with E-state index >= 15 is 0 Å². The van der Waals surface area contributed by atoms with Crippen LogP contribution in [0, 0.1) is 0 Å². The topological polar surface area (TPSA) is 97.3 Å². The van der Waals surface area contributed by atoms with Crippen molar-refractivity contribution in [2.75, 3.05) is 7.11 Å². The quantitative estimate of drug-likeness (QED) is 0.328. The molecule has 3 rings (SSSR count). The molecular formula is C22H23N3O5. The van der Waals surface area contributed by atoms with Crippen molar-refractivity contribution in [3.05, 3.63) is 59.7 Å². The Morgan fingerprint density at radius 2 is 1.90 bits per heavy atom. The lowest BCUT2D eigenvalue weighted by Crippen LogP contribution is -2.44. The number of rotatable bonds is 7. The summed E-state index contributed by atoms with van der Waals surface area (Å²) in [6, 6.07) is 14.0. The maximum atomic E-state index is 12.8. The van der Waals surface area contributed by atoms with Crippen LogP contribution < -0.4 is 14.8 Å². The van der Waals surface area contributed by atoms with E-state index in [2.05, 4.69) is 10.4 Å². The molecule has 1 atom stereocenters. The first-order chi connectivity index (χ1) is 14.3. The Bertz CT molecular complexity index is 990. The first kappa shape index (κ1) is 21.0. The number of hydrogen-bond acceptors (Lipinski definition) is 6. The van der Waals surface area contributed by atoms with E-state index in [0.29, 0.717) is 24.2 Å². The number of nitrogens with zero attached hydrogens (tertiary/aromatic N) is 2. The van der Waals surface area contributed by atoms with Crippen molar-refractivity contribution in [3.63, 3.8) is 0 Å². The molecule has 3 amide bonds. The Balaban J connectivity index is 1.72. The van der Waals surface area contributed by atoms with Crippen LogP contribution in [-0.2, 0) is 16.0 Å². The smallest absolute Gasteiger partial charge is 0.346 e. The summed E-state index contributed by atoms with van der Waals surface area (Å²) in [4.78, 5) is 36.3. The highest BCUT2D eigenvalue weighted by molar-refractivity contribution is 6.07. The van der Waals surface area contributed by atoms with Crippen LogP contribution in [0.4, 0.5) is 4.79 Å². The lowest BCUT2D eigenvalue weighted by molar-refractivity contribution is -0.132. The second kappa shape index (κ2) is 8.77. The minimum Gasteiger partial charge on any atom is -0.493 e. The second-order valence-corrected chi connectivity index (χ2v) is 7.11. The number of carbonyl (C=O) groups excluding carboxylic acids is 3. The summed E-state index contributed by atoms with van der Waals surface area (Å²) in [6.07, 6.45) is 2.48. The number of hydrogen-bond donors (Lipinski definition) is 1. The summed E-state index contributed by atoms with van der Waals surface area (Å²) in [7, 11) is 1.44. The van der Waals surface area contributed by atoms with Crippen molar-refractivity contribution >= 4 is 24.1 Å². The number of methoxy groups -OCH3 is 1. The predicted molar refractivity (Wildman–Crippen MR) is 110 cm³/mol. The molecule has 0 aromatic heterocycles. The minimum atomic E-state index is -1.03. The number of hydrazone groups is 1. The average Bonchev–Trinajstić information content (AvgIpc) is 2.94. The molecule has 2 aromatic carbocycles. The van der Waals surface area contributed by atoms with Gasteiger partial charge in [-0.05, 0) is 49.1 Å². The van der Waals surface area contributed by atoms with Crippen molar-refractivity contribution < 1.29 is 23.9 Å². The molecule has 8 heteroatoms. The molecule has 0 unspecified atom stereocenters.